The lowest BCUT2D eigenvalue weighted by atomic mass is 10.2. The molecule has 0 aliphatic carbocycles. The van der Waals surface area contributed by atoms with E-state index in [4.69, 9.17) is 0 Å². The van der Waals surface area contributed by atoms with Crippen molar-refractivity contribution in [2.24, 2.45) is 0 Å². The summed E-state index contributed by atoms with van der Waals surface area (Å²) < 4.78 is 0. The Labute approximate surface area is 92.8 Å². The minimum atomic E-state index is -0.861. The quantitative estimate of drug-likeness (QED) is 0.329. The molecule has 2 heteroatoms. The van der Waals surface area contributed by atoms with Crippen molar-refractivity contribution in [3.8, 4) is 0 Å². The maximum atomic E-state index is 3.77. The third-order valence-corrected chi connectivity index (χ3v) is 12.3. The molecule has 0 fully saturated rings. The van der Waals surface area contributed by atoms with Gasteiger partial charge < -0.3 is 0 Å². The average Bonchev–Trinajstić information content (AvgIpc) is 1.93. The summed E-state index contributed by atoms with van der Waals surface area (Å²) >= 11 is 0. The van der Waals surface area contributed by atoms with Gasteiger partial charge in [-0.2, -0.15) is 0 Å². The van der Waals surface area contributed by atoms with Gasteiger partial charge in [0.1, 0.15) is 0 Å². The van der Waals surface area contributed by atoms with Gasteiger partial charge in [-0.3, -0.25) is 0 Å². The number of hydrogen-bond acceptors (Lipinski definition) is 0. The second-order valence-electron chi connectivity index (χ2n) is 6.44. The SMILES string of the molecule is C=CCCCC[Si](C)(C)C[Si](C)(C)C. The van der Waals surface area contributed by atoms with E-state index in [-0.39, 0.29) is 0 Å². The van der Waals surface area contributed by atoms with Crippen molar-refractivity contribution in [1.29, 1.82) is 0 Å². The lowest BCUT2D eigenvalue weighted by Gasteiger charge is -2.29. The predicted molar refractivity (Wildman–Crippen MR) is 74.5 cm³/mol. The first-order valence-electron chi connectivity index (χ1n) is 5.88. The van der Waals surface area contributed by atoms with E-state index >= 15 is 0 Å². The van der Waals surface area contributed by atoms with Crippen molar-refractivity contribution in [3.63, 3.8) is 0 Å². The Kier molecular flexibility index (Phi) is 5.98. The summed E-state index contributed by atoms with van der Waals surface area (Å²) in [6, 6.07) is 1.52. The molecular formula is C12H28Si2. The van der Waals surface area contributed by atoms with Crippen molar-refractivity contribution in [1.82, 2.24) is 0 Å². The molecule has 0 spiro atoms. The Morgan fingerprint density at radius 2 is 1.57 bits per heavy atom. The fourth-order valence-electron chi connectivity index (χ4n) is 2.42. The van der Waals surface area contributed by atoms with E-state index in [0.29, 0.717) is 0 Å². The van der Waals surface area contributed by atoms with Crippen LogP contribution in [0.3, 0.4) is 0 Å². The molecule has 0 amide bonds. The number of hydrogen-bond donors (Lipinski definition) is 0. The zero-order chi connectivity index (χ0) is 11.2. The zero-order valence-electron chi connectivity index (χ0n) is 10.8. The monoisotopic (exact) mass is 228 g/mol. The molecule has 0 radical (unpaired) electrons. The lowest BCUT2D eigenvalue weighted by Crippen LogP contribution is -2.36. The number of allylic oxidation sites excluding steroid dienone is 1. The second-order valence-corrected chi connectivity index (χ2v) is 17.8. The fraction of sp³-hybridized carbons (Fsp3) is 0.833. The van der Waals surface area contributed by atoms with Crippen LogP contribution in [0, 0.1) is 0 Å². The summed E-state index contributed by atoms with van der Waals surface area (Å²) in [6.45, 7) is 16.4. The first-order chi connectivity index (χ1) is 6.27. The highest BCUT2D eigenvalue weighted by molar-refractivity contribution is 6.94. The molecule has 0 heterocycles. The Hall–Kier alpha value is 0.174. The van der Waals surface area contributed by atoms with Gasteiger partial charge in [-0.25, -0.2) is 0 Å². The molecule has 84 valence electrons. The maximum Gasteiger partial charge on any atom is 0.0447 e. The minimum absolute atomic E-state index is 0.820. The second kappa shape index (κ2) is 5.91. The molecule has 0 rings (SSSR count). The summed E-state index contributed by atoms with van der Waals surface area (Å²) in [6.07, 6.45) is 6.03. The van der Waals surface area contributed by atoms with E-state index in [2.05, 4.69) is 39.3 Å². The van der Waals surface area contributed by atoms with Crippen LogP contribution in [0.1, 0.15) is 19.3 Å². The van der Waals surface area contributed by atoms with Crippen molar-refractivity contribution >= 4 is 16.1 Å². The smallest absolute Gasteiger partial charge is 0.0447 e. The molecule has 0 aliphatic heterocycles. The van der Waals surface area contributed by atoms with Crippen LogP contribution in [0.2, 0.25) is 44.4 Å². The van der Waals surface area contributed by atoms with Crippen LogP contribution in [0.15, 0.2) is 12.7 Å². The van der Waals surface area contributed by atoms with Gasteiger partial charge in [-0.15, -0.1) is 6.58 Å². The largest absolute Gasteiger partial charge is 0.103 e. The maximum absolute atomic E-state index is 3.77. The zero-order valence-corrected chi connectivity index (χ0v) is 12.8. The normalized spacial score (nSPS) is 12.9. The van der Waals surface area contributed by atoms with E-state index in [1.54, 1.807) is 5.67 Å². The Bertz CT molecular complexity index is 166. The molecule has 0 saturated heterocycles. The molecule has 0 aromatic rings. The Balaban J connectivity index is 3.77. The van der Waals surface area contributed by atoms with Crippen LogP contribution >= 0.6 is 0 Å². The summed E-state index contributed by atoms with van der Waals surface area (Å²) in [4.78, 5) is 0. The fourth-order valence-corrected chi connectivity index (χ4v) is 15.8. The summed E-state index contributed by atoms with van der Waals surface area (Å²) in [5.41, 5.74) is 1.59. The first kappa shape index (κ1) is 14.2. The summed E-state index contributed by atoms with van der Waals surface area (Å²) in [5, 5.41) is 0. The van der Waals surface area contributed by atoms with E-state index in [1.807, 2.05) is 6.08 Å². The van der Waals surface area contributed by atoms with E-state index in [0.717, 1.165) is 0 Å². The molecule has 0 bridgehead atoms. The number of rotatable bonds is 7. The average molecular weight is 229 g/mol. The van der Waals surface area contributed by atoms with Gasteiger partial charge in [0.15, 0.2) is 0 Å². The molecule has 0 aromatic carbocycles. The van der Waals surface area contributed by atoms with Crippen LogP contribution in [0.4, 0.5) is 0 Å². The van der Waals surface area contributed by atoms with Crippen molar-refractivity contribution in [3.05, 3.63) is 12.7 Å². The van der Waals surface area contributed by atoms with Gasteiger partial charge in [0.05, 0.1) is 0 Å². The highest BCUT2D eigenvalue weighted by Gasteiger charge is 2.27. The van der Waals surface area contributed by atoms with Gasteiger partial charge in [0.25, 0.3) is 0 Å². The van der Waals surface area contributed by atoms with E-state index < -0.39 is 16.1 Å². The molecular weight excluding hydrogens is 200 g/mol. The van der Waals surface area contributed by atoms with Gasteiger partial charge in [-0.1, -0.05) is 63.4 Å². The molecule has 0 N–H and O–H groups in total. The van der Waals surface area contributed by atoms with Gasteiger partial charge in [0, 0.05) is 16.1 Å². The van der Waals surface area contributed by atoms with Crippen molar-refractivity contribution < 1.29 is 0 Å². The lowest BCUT2D eigenvalue weighted by molar-refractivity contribution is 0.803. The van der Waals surface area contributed by atoms with Crippen molar-refractivity contribution in [2.45, 2.75) is 63.7 Å². The van der Waals surface area contributed by atoms with Gasteiger partial charge >= 0.3 is 0 Å². The molecule has 0 atom stereocenters. The van der Waals surface area contributed by atoms with Crippen LogP contribution in [-0.4, -0.2) is 16.1 Å². The molecule has 0 saturated carbocycles. The summed E-state index contributed by atoms with van der Waals surface area (Å²) in [7, 11) is -1.68. The van der Waals surface area contributed by atoms with Gasteiger partial charge in [-0.05, 0) is 6.42 Å². The standard InChI is InChI=1S/C12H28Si2/c1-7-8-9-10-11-14(5,6)12-13(2,3)4/h7H,1,8-12H2,2-6H3. The van der Waals surface area contributed by atoms with Crippen LogP contribution in [0.25, 0.3) is 0 Å². The van der Waals surface area contributed by atoms with E-state index in [1.165, 1.54) is 25.3 Å². The third kappa shape index (κ3) is 8.76. The third-order valence-electron chi connectivity index (χ3n) is 2.52. The number of unbranched alkanes of at least 4 members (excludes halogenated alkanes) is 2. The van der Waals surface area contributed by atoms with Crippen LogP contribution < -0.4 is 0 Å². The molecule has 0 nitrogen and oxygen atoms in total. The van der Waals surface area contributed by atoms with Crippen LogP contribution in [0.5, 0.6) is 0 Å². The minimum Gasteiger partial charge on any atom is -0.103 e. The topological polar surface area (TPSA) is 0 Å². The Morgan fingerprint density at radius 3 is 2.00 bits per heavy atom. The van der Waals surface area contributed by atoms with Crippen LogP contribution in [-0.2, 0) is 0 Å². The molecule has 14 heavy (non-hydrogen) atoms. The molecule has 0 aromatic heterocycles. The highest BCUT2D eigenvalue weighted by Crippen LogP contribution is 2.25. The first-order valence-corrected chi connectivity index (χ1v) is 13.0. The molecule has 0 unspecified atom stereocenters. The van der Waals surface area contributed by atoms with Crippen molar-refractivity contribution in [2.75, 3.05) is 0 Å². The molecule has 0 aliphatic rings. The van der Waals surface area contributed by atoms with Gasteiger partial charge in [0.2, 0.25) is 0 Å². The van der Waals surface area contributed by atoms with E-state index in [9.17, 15) is 0 Å². The highest BCUT2D eigenvalue weighted by atomic mass is 28.4. The predicted octanol–water partition coefficient (Wildman–Crippen LogP) is 4.93. The summed E-state index contributed by atoms with van der Waals surface area (Å²) in [5.74, 6) is 0. The Morgan fingerprint density at radius 1 is 1.00 bits per heavy atom.